The van der Waals surface area contributed by atoms with E-state index in [9.17, 15) is 4.79 Å². The third-order valence-corrected chi connectivity index (χ3v) is 4.87. The molecule has 1 aliphatic heterocycles. The van der Waals surface area contributed by atoms with E-state index < -0.39 is 0 Å². The number of amides is 1. The van der Waals surface area contributed by atoms with E-state index >= 15 is 0 Å². The zero-order valence-corrected chi connectivity index (χ0v) is 14.4. The molecule has 1 N–H and O–H groups in total. The van der Waals surface area contributed by atoms with Gasteiger partial charge in [0.15, 0.2) is 5.82 Å². The van der Waals surface area contributed by atoms with Crippen LogP contribution in [0, 0.1) is 6.92 Å². The summed E-state index contributed by atoms with van der Waals surface area (Å²) in [5, 5.41) is 15.8. The molecule has 0 radical (unpaired) electrons. The highest BCUT2D eigenvalue weighted by Crippen LogP contribution is 2.28. The van der Waals surface area contributed by atoms with Crippen LogP contribution in [-0.4, -0.2) is 53.7 Å². The van der Waals surface area contributed by atoms with E-state index in [0.29, 0.717) is 17.3 Å². The zero-order valence-electron chi connectivity index (χ0n) is 14.4. The van der Waals surface area contributed by atoms with Gasteiger partial charge in [0.2, 0.25) is 0 Å². The minimum absolute atomic E-state index is 0.0270. The summed E-state index contributed by atoms with van der Waals surface area (Å²) >= 11 is 0. The second kappa shape index (κ2) is 6.19. The summed E-state index contributed by atoms with van der Waals surface area (Å²) in [7, 11) is 1.84. The Hall–Kier alpha value is -2.90. The van der Waals surface area contributed by atoms with Gasteiger partial charge in [-0.05, 0) is 31.9 Å². The van der Waals surface area contributed by atoms with Gasteiger partial charge in [-0.25, -0.2) is 9.36 Å². The summed E-state index contributed by atoms with van der Waals surface area (Å²) in [6.07, 6.45) is 7.18. The molecule has 8 nitrogen and oxygen atoms in total. The number of aryl methyl sites for hydroxylation is 2. The number of nitrogens with zero attached hydrogens (tertiary/aromatic N) is 6. The van der Waals surface area contributed by atoms with Crippen LogP contribution in [0.15, 0.2) is 30.7 Å². The largest absolute Gasteiger partial charge is 0.338 e. The van der Waals surface area contributed by atoms with Gasteiger partial charge in [-0.3, -0.25) is 9.89 Å². The fraction of sp³-hybridized carbons (Fsp3) is 0.412. The molecule has 0 saturated carbocycles. The van der Waals surface area contributed by atoms with Gasteiger partial charge in [0.25, 0.3) is 5.91 Å². The second-order valence-corrected chi connectivity index (χ2v) is 6.44. The maximum absolute atomic E-state index is 13.2. The van der Waals surface area contributed by atoms with Crippen LogP contribution in [0.1, 0.15) is 40.5 Å². The van der Waals surface area contributed by atoms with Crippen LogP contribution in [0.25, 0.3) is 5.82 Å². The fourth-order valence-electron chi connectivity index (χ4n) is 3.60. The van der Waals surface area contributed by atoms with E-state index in [2.05, 4.69) is 20.4 Å². The first-order valence-corrected chi connectivity index (χ1v) is 8.47. The number of aromatic nitrogens is 6. The molecule has 3 aromatic rings. The molecule has 0 spiro atoms. The molecule has 8 heteroatoms. The van der Waals surface area contributed by atoms with E-state index in [1.165, 1.54) is 0 Å². The molecule has 1 aliphatic rings. The van der Waals surface area contributed by atoms with E-state index in [4.69, 9.17) is 0 Å². The Kier molecular flexibility index (Phi) is 3.87. The standard InChI is InChI=1S/C17H21N7O/c1-12-15(16(22(2)21-12)24-9-3-7-19-24)17(25)23-10-5-13(6-11-23)14-4-8-18-20-14/h3-4,7-9,13H,5-6,10-11H2,1-2H3,(H,18,20). The van der Waals surface area contributed by atoms with Crippen molar-refractivity contribution in [1.29, 1.82) is 0 Å². The van der Waals surface area contributed by atoms with Crippen molar-refractivity contribution in [2.45, 2.75) is 25.7 Å². The van der Waals surface area contributed by atoms with E-state index in [-0.39, 0.29) is 5.91 Å². The van der Waals surface area contributed by atoms with Crippen LogP contribution < -0.4 is 0 Å². The molecule has 25 heavy (non-hydrogen) atoms. The van der Waals surface area contributed by atoms with Crippen LogP contribution >= 0.6 is 0 Å². The number of piperidine rings is 1. The van der Waals surface area contributed by atoms with Crippen molar-refractivity contribution in [3.05, 3.63) is 47.7 Å². The van der Waals surface area contributed by atoms with Crippen molar-refractivity contribution < 1.29 is 4.79 Å². The van der Waals surface area contributed by atoms with Gasteiger partial charge in [-0.2, -0.15) is 15.3 Å². The van der Waals surface area contributed by atoms with E-state index in [1.54, 1.807) is 21.8 Å². The van der Waals surface area contributed by atoms with E-state index in [0.717, 1.165) is 37.3 Å². The Labute approximate surface area is 145 Å². The van der Waals surface area contributed by atoms with Crippen LogP contribution in [0.2, 0.25) is 0 Å². The number of carbonyl (C=O) groups is 1. The third kappa shape index (κ3) is 2.73. The minimum Gasteiger partial charge on any atom is -0.338 e. The van der Waals surface area contributed by atoms with Gasteiger partial charge in [-0.15, -0.1) is 0 Å². The number of rotatable bonds is 3. The zero-order chi connectivity index (χ0) is 17.4. The normalized spacial score (nSPS) is 15.7. The predicted octanol–water partition coefficient (Wildman–Crippen LogP) is 1.66. The van der Waals surface area contributed by atoms with Crippen LogP contribution in [-0.2, 0) is 7.05 Å². The lowest BCUT2D eigenvalue weighted by atomic mass is 9.93. The highest BCUT2D eigenvalue weighted by atomic mass is 16.2. The summed E-state index contributed by atoms with van der Waals surface area (Å²) in [4.78, 5) is 15.1. The first-order valence-electron chi connectivity index (χ1n) is 8.47. The monoisotopic (exact) mass is 339 g/mol. The Morgan fingerprint density at radius 2 is 2.08 bits per heavy atom. The predicted molar refractivity (Wildman–Crippen MR) is 91.5 cm³/mol. The average Bonchev–Trinajstić information content (AvgIpc) is 3.35. The summed E-state index contributed by atoms with van der Waals surface area (Å²) in [5.41, 5.74) is 2.52. The van der Waals surface area contributed by atoms with Crippen molar-refractivity contribution >= 4 is 5.91 Å². The maximum Gasteiger partial charge on any atom is 0.259 e. The number of carbonyl (C=O) groups excluding carboxylic acids is 1. The summed E-state index contributed by atoms with van der Waals surface area (Å²) in [5.74, 6) is 1.18. The molecule has 3 aromatic heterocycles. The number of nitrogens with one attached hydrogen (secondary N) is 1. The number of hydrogen-bond donors (Lipinski definition) is 1. The van der Waals surface area contributed by atoms with Gasteiger partial charge in [0.1, 0.15) is 5.56 Å². The molecule has 1 amide bonds. The van der Waals surface area contributed by atoms with Crippen molar-refractivity contribution in [1.82, 2.24) is 34.7 Å². The molecule has 1 saturated heterocycles. The molecule has 0 aromatic carbocycles. The Balaban J connectivity index is 1.56. The first-order chi connectivity index (χ1) is 12.1. The average molecular weight is 339 g/mol. The van der Waals surface area contributed by atoms with E-state index in [1.807, 2.05) is 37.2 Å². The smallest absolute Gasteiger partial charge is 0.259 e. The molecular formula is C17H21N7O. The first kappa shape index (κ1) is 15.6. The molecule has 130 valence electrons. The Bertz CT molecular complexity index is 855. The van der Waals surface area contributed by atoms with Gasteiger partial charge in [0, 0.05) is 50.3 Å². The summed E-state index contributed by atoms with van der Waals surface area (Å²) in [6, 6.07) is 3.86. The van der Waals surface area contributed by atoms with Gasteiger partial charge < -0.3 is 4.90 Å². The van der Waals surface area contributed by atoms with Gasteiger partial charge in [-0.1, -0.05) is 0 Å². The lowest BCUT2D eigenvalue weighted by molar-refractivity contribution is 0.0711. The number of likely N-dealkylation sites (tertiary alicyclic amines) is 1. The highest BCUT2D eigenvalue weighted by molar-refractivity contribution is 5.98. The molecule has 4 rings (SSSR count). The van der Waals surface area contributed by atoms with Crippen LogP contribution in [0.3, 0.4) is 0 Å². The Morgan fingerprint density at radius 1 is 1.28 bits per heavy atom. The third-order valence-electron chi connectivity index (χ3n) is 4.87. The maximum atomic E-state index is 13.2. The second-order valence-electron chi connectivity index (χ2n) is 6.44. The lowest BCUT2D eigenvalue weighted by Gasteiger charge is -2.31. The van der Waals surface area contributed by atoms with Gasteiger partial charge >= 0.3 is 0 Å². The van der Waals surface area contributed by atoms with Crippen molar-refractivity contribution in [3.8, 4) is 5.82 Å². The SMILES string of the molecule is Cc1nn(C)c(-n2cccn2)c1C(=O)N1CCC(c2ccn[nH]2)CC1. The molecule has 4 heterocycles. The molecule has 0 atom stereocenters. The topological polar surface area (TPSA) is 84.6 Å². The number of aromatic amines is 1. The highest BCUT2D eigenvalue weighted by Gasteiger charge is 2.30. The molecule has 0 bridgehead atoms. The summed E-state index contributed by atoms with van der Waals surface area (Å²) < 4.78 is 3.41. The minimum atomic E-state index is 0.0270. The summed E-state index contributed by atoms with van der Waals surface area (Å²) in [6.45, 7) is 3.34. The fourth-order valence-corrected chi connectivity index (χ4v) is 3.60. The number of hydrogen-bond acceptors (Lipinski definition) is 4. The van der Waals surface area contributed by atoms with Crippen molar-refractivity contribution in [2.75, 3.05) is 13.1 Å². The molecule has 0 aliphatic carbocycles. The Morgan fingerprint density at radius 3 is 2.72 bits per heavy atom. The molecule has 0 unspecified atom stereocenters. The number of H-pyrrole nitrogens is 1. The molecular weight excluding hydrogens is 318 g/mol. The lowest BCUT2D eigenvalue weighted by Crippen LogP contribution is -2.38. The van der Waals surface area contributed by atoms with Crippen molar-refractivity contribution in [2.24, 2.45) is 7.05 Å². The van der Waals surface area contributed by atoms with Crippen LogP contribution in [0.5, 0.6) is 0 Å². The quantitative estimate of drug-likeness (QED) is 0.786. The van der Waals surface area contributed by atoms with Crippen LogP contribution in [0.4, 0.5) is 0 Å². The molecule has 1 fully saturated rings. The van der Waals surface area contributed by atoms with Gasteiger partial charge in [0.05, 0.1) is 5.69 Å². The van der Waals surface area contributed by atoms with Crippen molar-refractivity contribution in [3.63, 3.8) is 0 Å².